The van der Waals surface area contributed by atoms with Gasteiger partial charge in [-0.05, 0) is 27.6 Å². The summed E-state index contributed by atoms with van der Waals surface area (Å²) >= 11 is 0. The Labute approximate surface area is 138 Å². The van der Waals surface area contributed by atoms with E-state index >= 15 is 0 Å². The number of fused-ring (bicyclic) bond motifs is 2. The molecule has 1 fully saturated rings. The highest BCUT2D eigenvalue weighted by atomic mass is 16.2. The normalized spacial score (nSPS) is 18.1. The number of nitrogens with zero attached hydrogens (tertiary/aromatic N) is 1. The number of aliphatic imine (C=N–C) groups is 1. The van der Waals surface area contributed by atoms with E-state index < -0.39 is 12.1 Å². The Morgan fingerprint density at radius 2 is 1.58 bits per heavy atom. The molecule has 24 heavy (non-hydrogen) atoms. The van der Waals surface area contributed by atoms with Gasteiger partial charge in [-0.15, -0.1) is 0 Å². The van der Waals surface area contributed by atoms with Gasteiger partial charge in [-0.25, -0.2) is 4.79 Å². The van der Waals surface area contributed by atoms with Crippen LogP contribution >= 0.6 is 0 Å². The van der Waals surface area contributed by atoms with E-state index in [-0.39, 0.29) is 12.5 Å². The molecule has 1 saturated heterocycles. The minimum Gasteiger partial charge on any atom is -0.335 e. The first kappa shape index (κ1) is 14.4. The quantitative estimate of drug-likeness (QED) is 0.563. The number of benzene rings is 3. The number of amides is 3. The molecule has 2 N–H and O–H groups in total. The number of hydrogen-bond donors (Lipinski definition) is 2. The van der Waals surface area contributed by atoms with E-state index in [1.165, 1.54) is 0 Å². The van der Waals surface area contributed by atoms with Crippen molar-refractivity contribution in [3.8, 4) is 0 Å². The first-order valence-corrected chi connectivity index (χ1v) is 7.75. The number of carbonyl (C=O) groups is 2. The number of rotatable bonds is 2. The summed E-state index contributed by atoms with van der Waals surface area (Å²) in [5, 5.41) is 9.24. The highest BCUT2D eigenvalue weighted by molar-refractivity contribution is 6.13. The Morgan fingerprint density at radius 1 is 0.958 bits per heavy atom. The van der Waals surface area contributed by atoms with Gasteiger partial charge in [0.25, 0.3) is 5.91 Å². The molecule has 1 heterocycles. The lowest BCUT2D eigenvalue weighted by atomic mass is 9.97. The SMILES string of the molecule is O=C1NCC(N=Cc2c3ccccc3cc3ccccc23)C(=O)N1. The van der Waals surface area contributed by atoms with Crippen molar-refractivity contribution in [3.63, 3.8) is 0 Å². The van der Waals surface area contributed by atoms with Crippen LogP contribution in [0.2, 0.25) is 0 Å². The van der Waals surface area contributed by atoms with Gasteiger partial charge in [0.05, 0.1) is 6.54 Å². The van der Waals surface area contributed by atoms with Crippen LogP contribution in [0.25, 0.3) is 21.5 Å². The van der Waals surface area contributed by atoms with Gasteiger partial charge in [-0.3, -0.25) is 15.1 Å². The lowest BCUT2D eigenvalue weighted by molar-refractivity contribution is -0.121. The van der Waals surface area contributed by atoms with Crippen LogP contribution in [0.5, 0.6) is 0 Å². The van der Waals surface area contributed by atoms with E-state index in [9.17, 15) is 9.59 Å². The molecular weight excluding hydrogens is 302 g/mol. The smallest absolute Gasteiger partial charge is 0.321 e. The first-order valence-electron chi connectivity index (χ1n) is 7.75. The third-order valence-corrected chi connectivity index (χ3v) is 4.19. The summed E-state index contributed by atoms with van der Waals surface area (Å²) in [6, 6.07) is 17.3. The monoisotopic (exact) mass is 317 g/mol. The molecule has 118 valence electrons. The molecule has 3 aromatic rings. The van der Waals surface area contributed by atoms with Crippen molar-refractivity contribution in [2.45, 2.75) is 6.04 Å². The van der Waals surface area contributed by atoms with E-state index in [1.54, 1.807) is 6.21 Å². The average molecular weight is 317 g/mol. The maximum Gasteiger partial charge on any atom is 0.321 e. The Kier molecular flexibility index (Phi) is 3.46. The van der Waals surface area contributed by atoms with Crippen molar-refractivity contribution in [1.82, 2.24) is 10.6 Å². The summed E-state index contributed by atoms with van der Waals surface area (Å²) in [5.41, 5.74) is 0.980. The molecule has 0 bridgehead atoms. The van der Waals surface area contributed by atoms with Gasteiger partial charge in [0, 0.05) is 11.8 Å². The van der Waals surface area contributed by atoms with Crippen molar-refractivity contribution in [1.29, 1.82) is 0 Å². The number of nitrogens with one attached hydrogen (secondary N) is 2. The second kappa shape index (κ2) is 5.77. The predicted molar refractivity (Wildman–Crippen MR) is 94.4 cm³/mol. The largest absolute Gasteiger partial charge is 0.335 e. The fourth-order valence-corrected chi connectivity index (χ4v) is 2.99. The Morgan fingerprint density at radius 3 is 2.21 bits per heavy atom. The van der Waals surface area contributed by atoms with Crippen molar-refractivity contribution < 1.29 is 9.59 Å². The van der Waals surface area contributed by atoms with Crippen molar-refractivity contribution >= 4 is 39.7 Å². The van der Waals surface area contributed by atoms with Crippen molar-refractivity contribution in [3.05, 3.63) is 60.2 Å². The molecule has 5 heteroatoms. The number of carbonyl (C=O) groups excluding carboxylic acids is 2. The number of imide groups is 1. The second-order valence-corrected chi connectivity index (χ2v) is 5.73. The van der Waals surface area contributed by atoms with Crippen molar-refractivity contribution in [2.75, 3.05) is 6.54 Å². The molecule has 3 amide bonds. The molecular formula is C19H15N3O2. The topological polar surface area (TPSA) is 70.6 Å². The summed E-state index contributed by atoms with van der Waals surface area (Å²) in [6.07, 6.45) is 1.74. The summed E-state index contributed by atoms with van der Waals surface area (Å²) in [7, 11) is 0. The zero-order valence-corrected chi connectivity index (χ0v) is 12.8. The summed E-state index contributed by atoms with van der Waals surface area (Å²) in [6.45, 7) is 0.212. The fraction of sp³-hybridized carbons (Fsp3) is 0.105. The first-order chi connectivity index (χ1) is 11.7. The molecule has 1 aliphatic rings. The van der Waals surface area contributed by atoms with Crippen LogP contribution < -0.4 is 10.6 Å². The Hall–Kier alpha value is -3.21. The molecule has 1 unspecified atom stereocenters. The zero-order chi connectivity index (χ0) is 16.5. The van der Waals surface area contributed by atoms with E-state index in [0.29, 0.717) is 0 Å². The molecule has 1 aliphatic heterocycles. The highest BCUT2D eigenvalue weighted by Gasteiger charge is 2.24. The van der Waals surface area contributed by atoms with E-state index in [4.69, 9.17) is 0 Å². The maximum atomic E-state index is 11.9. The maximum absolute atomic E-state index is 11.9. The molecule has 4 rings (SSSR count). The number of urea groups is 1. The Bertz CT molecular complexity index is 940. The van der Waals surface area contributed by atoms with Gasteiger partial charge in [0.1, 0.15) is 6.04 Å². The molecule has 5 nitrogen and oxygen atoms in total. The van der Waals surface area contributed by atoms with Gasteiger partial charge < -0.3 is 5.32 Å². The zero-order valence-electron chi connectivity index (χ0n) is 12.8. The van der Waals surface area contributed by atoms with Crippen LogP contribution in [0.3, 0.4) is 0 Å². The molecule has 0 saturated carbocycles. The van der Waals surface area contributed by atoms with E-state index in [1.807, 2.05) is 36.4 Å². The van der Waals surface area contributed by atoms with Gasteiger partial charge >= 0.3 is 6.03 Å². The second-order valence-electron chi connectivity index (χ2n) is 5.73. The van der Waals surface area contributed by atoms with Crippen LogP contribution in [-0.4, -0.2) is 30.7 Å². The third-order valence-electron chi connectivity index (χ3n) is 4.19. The summed E-state index contributed by atoms with van der Waals surface area (Å²) in [5.74, 6) is -0.375. The van der Waals surface area contributed by atoms with E-state index in [0.717, 1.165) is 27.1 Å². The molecule has 1 atom stereocenters. The molecule has 0 aromatic heterocycles. The van der Waals surface area contributed by atoms with Gasteiger partial charge in [-0.2, -0.15) is 0 Å². The molecule has 0 radical (unpaired) electrons. The number of hydrogen-bond acceptors (Lipinski definition) is 3. The van der Waals surface area contributed by atoms with Gasteiger partial charge in [-0.1, -0.05) is 48.5 Å². The molecule has 0 aliphatic carbocycles. The fourth-order valence-electron chi connectivity index (χ4n) is 2.99. The predicted octanol–water partition coefficient (Wildman–Crippen LogP) is 2.62. The van der Waals surface area contributed by atoms with Crippen LogP contribution in [0.15, 0.2) is 59.6 Å². The van der Waals surface area contributed by atoms with Crippen LogP contribution in [0.1, 0.15) is 5.56 Å². The van der Waals surface area contributed by atoms with Crippen LogP contribution in [0, 0.1) is 0 Å². The minimum atomic E-state index is -0.611. The molecule has 0 spiro atoms. The van der Waals surface area contributed by atoms with Crippen LogP contribution in [0.4, 0.5) is 4.79 Å². The highest BCUT2D eigenvalue weighted by Crippen LogP contribution is 2.27. The van der Waals surface area contributed by atoms with Gasteiger partial charge in [0.2, 0.25) is 0 Å². The lowest BCUT2D eigenvalue weighted by Crippen LogP contribution is -2.54. The summed E-state index contributed by atoms with van der Waals surface area (Å²) in [4.78, 5) is 27.4. The summed E-state index contributed by atoms with van der Waals surface area (Å²) < 4.78 is 0. The van der Waals surface area contributed by atoms with Crippen LogP contribution in [-0.2, 0) is 4.79 Å². The average Bonchev–Trinajstić information content (AvgIpc) is 2.60. The van der Waals surface area contributed by atoms with Crippen molar-refractivity contribution in [2.24, 2.45) is 4.99 Å². The third kappa shape index (κ3) is 2.50. The minimum absolute atomic E-state index is 0.212. The Balaban J connectivity index is 1.83. The standard InChI is InChI=1S/C19H15N3O2/c23-18-17(11-21-19(24)22-18)20-10-16-14-7-3-1-5-12(14)9-13-6-2-4-8-15(13)16/h1-10,17H,11H2,(H2,21,22,23,24). The lowest BCUT2D eigenvalue weighted by Gasteiger charge is -2.18. The molecule has 3 aromatic carbocycles. The van der Waals surface area contributed by atoms with Gasteiger partial charge in [0.15, 0.2) is 0 Å². The van der Waals surface area contributed by atoms with E-state index in [2.05, 4.69) is 33.8 Å².